The number of hydrogen-bond donors (Lipinski definition) is 1. The molecule has 0 bridgehead atoms. The third-order valence-electron chi connectivity index (χ3n) is 3.66. The van der Waals surface area contributed by atoms with Gasteiger partial charge in [0.1, 0.15) is 0 Å². The van der Waals surface area contributed by atoms with Crippen LogP contribution in [0.3, 0.4) is 0 Å². The van der Waals surface area contributed by atoms with E-state index in [9.17, 15) is 0 Å². The molecular weight excluding hydrogens is 234 g/mol. The first-order valence-corrected chi connectivity index (χ1v) is 7.60. The summed E-state index contributed by atoms with van der Waals surface area (Å²) in [5.41, 5.74) is 1.13. The van der Waals surface area contributed by atoms with E-state index in [1.807, 2.05) is 18.3 Å². The summed E-state index contributed by atoms with van der Waals surface area (Å²) in [7, 11) is 0. The summed E-state index contributed by atoms with van der Waals surface area (Å²) >= 11 is 0. The summed E-state index contributed by atoms with van der Waals surface area (Å²) in [4.78, 5) is 6.98. The maximum Gasteiger partial charge on any atom is 0.0541 e. The Morgan fingerprint density at radius 1 is 1.32 bits per heavy atom. The van der Waals surface area contributed by atoms with Crippen LogP contribution in [0.2, 0.25) is 0 Å². The fourth-order valence-electron chi connectivity index (χ4n) is 2.28. The molecule has 1 aliphatic rings. The molecule has 0 amide bonds. The van der Waals surface area contributed by atoms with Crippen LogP contribution in [0.15, 0.2) is 24.4 Å². The van der Waals surface area contributed by atoms with Gasteiger partial charge in [-0.15, -0.1) is 0 Å². The van der Waals surface area contributed by atoms with Crippen molar-refractivity contribution in [3.63, 3.8) is 0 Å². The quantitative estimate of drug-likeness (QED) is 0.693. The van der Waals surface area contributed by atoms with E-state index in [1.165, 1.54) is 32.4 Å². The zero-order valence-corrected chi connectivity index (χ0v) is 12.3. The maximum absolute atomic E-state index is 4.33. The molecule has 1 aromatic rings. The molecule has 1 fully saturated rings. The number of pyridine rings is 1. The second-order valence-corrected chi connectivity index (χ2v) is 5.95. The molecule has 1 aliphatic carbocycles. The number of aromatic nitrogens is 1. The van der Waals surface area contributed by atoms with Crippen molar-refractivity contribution >= 4 is 0 Å². The normalized spacial score (nSPS) is 15.4. The van der Waals surface area contributed by atoms with Gasteiger partial charge in [-0.2, -0.15) is 0 Å². The van der Waals surface area contributed by atoms with Gasteiger partial charge < -0.3 is 5.32 Å². The van der Waals surface area contributed by atoms with Gasteiger partial charge in [0.15, 0.2) is 0 Å². The van der Waals surface area contributed by atoms with Crippen LogP contribution in [-0.4, -0.2) is 35.6 Å². The monoisotopic (exact) mass is 261 g/mol. The van der Waals surface area contributed by atoms with E-state index in [2.05, 4.69) is 35.1 Å². The molecule has 1 heterocycles. The van der Waals surface area contributed by atoms with Crippen molar-refractivity contribution in [3.8, 4) is 0 Å². The molecule has 0 aromatic carbocycles. The van der Waals surface area contributed by atoms with E-state index < -0.39 is 0 Å². The summed E-state index contributed by atoms with van der Waals surface area (Å²) in [6.45, 7) is 8.99. The molecule has 0 atom stereocenters. The summed E-state index contributed by atoms with van der Waals surface area (Å²) in [6.07, 6.45) is 5.98. The molecular formula is C16H27N3. The van der Waals surface area contributed by atoms with Crippen molar-refractivity contribution in [2.24, 2.45) is 5.92 Å². The van der Waals surface area contributed by atoms with Crippen molar-refractivity contribution in [1.29, 1.82) is 0 Å². The molecule has 0 spiro atoms. The van der Waals surface area contributed by atoms with Gasteiger partial charge in [-0.1, -0.05) is 19.9 Å². The van der Waals surface area contributed by atoms with Crippen LogP contribution < -0.4 is 5.32 Å². The van der Waals surface area contributed by atoms with Gasteiger partial charge in [0.25, 0.3) is 0 Å². The van der Waals surface area contributed by atoms with Crippen molar-refractivity contribution < 1.29 is 0 Å². The summed E-state index contributed by atoms with van der Waals surface area (Å²) in [5.74, 6) is 0.808. The number of hydrogen-bond acceptors (Lipinski definition) is 3. The predicted molar refractivity (Wildman–Crippen MR) is 80.0 cm³/mol. The van der Waals surface area contributed by atoms with E-state index in [0.29, 0.717) is 0 Å². The summed E-state index contributed by atoms with van der Waals surface area (Å²) in [5, 5.41) is 3.50. The topological polar surface area (TPSA) is 28.2 Å². The highest BCUT2D eigenvalue weighted by Gasteiger charge is 2.28. The average molecular weight is 261 g/mol. The van der Waals surface area contributed by atoms with Gasteiger partial charge in [0.05, 0.1) is 5.69 Å². The Hall–Kier alpha value is -0.930. The minimum Gasteiger partial charge on any atom is -0.310 e. The molecule has 2 rings (SSSR count). The first-order chi connectivity index (χ1) is 9.25. The van der Waals surface area contributed by atoms with Crippen molar-refractivity contribution in [3.05, 3.63) is 30.1 Å². The highest BCUT2D eigenvalue weighted by Crippen LogP contribution is 2.26. The molecule has 3 nitrogen and oxygen atoms in total. The van der Waals surface area contributed by atoms with E-state index in [4.69, 9.17) is 0 Å². The zero-order valence-electron chi connectivity index (χ0n) is 12.3. The Morgan fingerprint density at radius 2 is 2.16 bits per heavy atom. The van der Waals surface area contributed by atoms with Gasteiger partial charge >= 0.3 is 0 Å². The Bertz CT molecular complexity index is 346. The molecule has 1 saturated carbocycles. The fraction of sp³-hybridized carbons (Fsp3) is 0.688. The van der Waals surface area contributed by atoms with Crippen LogP contribution in [0.25, 0.3) is 0 Å². The number of nitrogens with one attached hydrogen (secondary N) is 1. The Labute approximate surface area is 117 Å². The lowest BCUT2D eigenvalue weighted by Gasteiger charge is -2.23. The third-order valence-corrected chi connectivity index (χ3v) is 3.66. The minimum absolute atomic E-state index is 0.808. The van der Waals surface area contributed by atoms with Gasteiger partial charge in [-0.25, -0.2) is 0 Å². The van der Waals surface area contributed by atoms with Crippen molar-refractivity contribution in [2.75, 3.05) is 19.6 Å². The Morgan fingerprint density at radius 3 is 2.79 bits per heavy atom. The smallest absolute Gasteiger partial charge is 0.0541 e. The molecule has 106 valence electrons. The lowest BCUT2D eigenvalue weighted by Crippen LogP contribution is -2.34. The van der Waals surface area contributed by atoms with Crippen LogP contribution in [0.5, 0.6) is 0 Å². The summed E-state index contributed by atoms with van der Waals surface area (Å²) in [6, 6.07) is 6.95. The van der Waals surface area contributed by atoms with Crippen LogP contribution in [0, 0.1) is 5.92 Å². The van der Waals surface area contributed by atoms with Crippen LogP contribution in [0.1, 0.15) is 38.8 Å². The van der Waals surface area contributed by atoms with Gasteiger partial charge in [-0.3, -0.25) is 9.88 Å². The van der Waals surface area contributed by atoms with Crippen molar-refractivity contribution in [1.82, 2.24) is 15.2 Å². The van der Waals surface area contributed by atoms with E-state index in [-0.39, 0.29) is 0 Å². The average Bonchev–Trinajstić information content (AvgIpc) is 3.23. The minimum atomic E-state index is 0.808. The first kappa shape index (κ1) is 14.5. The fourth-order valence-corrected chi connectivity index (χ4v) is 2.28. The van der Waals surface area contributed by atoms with Crippen LogP contribution >= 0.6 is 0 Å². The standard InChI is InChI=1S/C16H27N3/c1-14(2)8-11-19(16-6-7-16)12-10-17-13-15-5-3-4-9-18-15/h3-5,9,14,16-17H,6-8,10-13H2,1-2H3. The summed E-state index contributed by atoms with van der Waals surface area (Å²) < 4.78 is 0. The third kappa shape index (κ3) is 5.70. The zero-order chi connectivity index (χ0) is 13.5. The lowest BCUT2D eigenvalue weighted by atomic mass is 10.1. The van der Waals surface area contributed by atoms with Crippen LogP contribution in [-0.2, 0) is 6.54 Å². The molecule has 0 unspecified atom stereocenters. The molecule has 3 heteroatoms. The molecule has 1 N–H and O–H groups in total. The van der Waals surface area contributed by atoms with Gasteiger partial charge in [0, 0.05) is 31.9 Å². The Balaban J connectivity index is 1.62. The van der Waals surface area contributed by atoms with E-state index >= 15 is 0 Å². The number of nitrogens with zero attached hydrogens (tertiary/aromatic N) is 2. The van der Waals surface area contributed by atoms with Gasteiger partial charge in [0.2, 0.25) is 0 Å². The molecule has 1 aromatic heterocycles. The first-order valence-electron chi connectivity index (χ1n) is 7.60. The Kier molecular flexibility index (Phi) is 5.80. The maximum atomic E-state index is 4.33. The van der Waals surface area contributed by atoms with Crippen molar-refractivity contribution in [2.45, 2.75) is 45.7 Å². The highest BCUT2D eigenvalue weighted by molar-refractivity contribution is 5.02. The predicted octanol–water partition coefficient (Wildman–Crippen LogP) is 2.68. The molecule has 0 radical (unpaired) electrons. The molecule has 0 saturated heterocycles. The highest BCUT2D eigenvalue weighted by atomic mass is 15.2. The van der Waals surface area contributed by atoms with E-state index in [0.717, 1.165) is 30.7 Å². The largest absolute Gasteiger partial charge is 0.310 e. The lowest BCUT2D eigenvalue weighted by molar-refractivity contribution is 0.247. The number of rotatable bonds is 9. The molecule has 0 aliphatic heterocycles. The SMILES string of the molecule is CC(C)CCN(CCNCc1ccccn1)C1CC1. The van der Waals surface area contributed by atoms with Crippen LogP contribution in [0.4, 0.5) is 0 Å². The second-order valence-electron chi connectivity index (χ2n) is 5.95. The second kappa shape index (κ2) is 7.61. The van der Waals surface area contributed by atoms with Gasteiger partial charge in [-0.05, 0) is 43.9 Å². The molecule has 19 heavy (non-hydrogen) atoms. The van der Waals surface area contributed by atoms with E-state index in [1.54, 1.807) is 0 Å².